The molecular weight excluding hydrogens is 380 g/mol. The lowest BCUT2D eigenvalue weighted by molar-refractivity contribution is 0.597. The highest BCUT2D eigenvalue weighted by atomic mass is 14.7. The average Bonchev–Trinajstić information content (AvgIpc) is 2.76. The molecule has 0 saturated heterocycles. The van der Waals surface area contributed by atoms with E-state index >= 15 is 0 Å². The smallest absolute Gasteiger partial charge is 0.0409 e. The molecule has 0 aliphatic heterocycles. The number of rotatable bonds is 10. The van der Waals surface area contributed by atoms with Gasteiger partial charge in [-0.05, 0) is 85.3 Å². The van der Waals surface area contributed by atoms with E-state index in [2.05, 4.69) is 44.8 Å². The maximum atomic E-state index is 8.00. The van der Waals surface area contributed by atoms with Crippen molar-refractivity contribution >= 4 is 23.7 Å². The number of nitrogens with zero attached hydrogens (tertiary/aromatic N) is 1. The molecule has 168 valence electrons. The molecule has 0 aromatic heterocycles. The van der Waals surface area contributed by atoms with E-state index in [0.29, 0.717) is 11.6 Å². The summed E-state index contributed by atoms with van der Waals surface area (Å²) in [7, 11) is 0. The molecule has 0 bridgehead atoms. The van der Waals surface area contributed by atoms with E-state index in [1.54, 1.807) is 6.20 Å². The predicted molar refractivity (Wildman–Crippen MR) is 137 cm³/mol. The molecule has 0 spiro atoms. The Bertz CT molecular complexity index is 885. The highest BCUT2D eigenvalue weighted by Crippen LogP contribution is 2.41. The van der Waals surface area contributed by atoms with Crippen LogP contribution in [-0.2, 0) is 0 Å². The summed E-state index contributed by atoms with van der Waals surface area (Å²) in [5.41, 5.74) is 21.0. The normalized spacial score (nSPS) is 15.9. The van der Waals surface area contributed by atoms with Crippen molar-refractivity contribution in [2.75, 3.05) is 12.3 Å². The zero-order chi connectivity index (χ0) is 22.8. The molecule has 2 rings (SSSR count). The van der Waals surface area contributed by atoms with Gasteiger partial charge in [-0.3, -0.25) is 4.99 Å². The van der Waals surface area contributed by atoms with E-state index in [1.807, 2.05) is 12.3 Å². The first kappa shape index (κ1) is 24.6. The van der Waals surface area contributed by atoms with Crippen LogP contribution in [0.25, 0.3) is 5.57 Å². The number of nitrogen functional groups attached to an aromatic ring is 1. The summed E-state index contributed by atoms with van der Waals surface area (Å²) < 4.78 is 0. The standard InChI is InChI=1S/C27H40N4/c1-5-6-9-22(21(16-28)18-31-15-14-19(2)3)23-10-7-8-11-24(23)27-20(4)12-13-26(30)25(27)17-29/h9,12-13,16-19,29H,5-8,10-11,14-15,28,30H2,1-4H3/b21-16+,22-9+,29-17?,31-18?. The maximum Gasteiger partial charge on any atom is 0.0409 e. The van der Waals surface area contributed by atoms with Crippen molar-refractivity contribution < 1.29 is 0 Å². The Balaban J connectivity index is 2.62. The second-order valence-electron chi connectivity index (χ2n) is 8.82. The Morgan fingerprint density at radius 3 is 2.61 bits per heavy atom. The van der Waals surface area contributed by atoms with Crippen molar-refractivity contribution in [2.24, 2.45) is 16.6 Å². The molecule has 4 heteroatoms. The summed E-state index contributed by atoms with van der Waals surface area (Å²) in [6, 6.07) is 3.97. The minimum absolute atomic E-state index is 0.635. The zero-order valence-corrected chi connectivity index (χ0v) is 19.8. The van der Waals surface area contributed by atoms with Gasteiger partial charge < -0.3 is 16.9 Å². The van der Waals surface area contributed by atoms with Gasteiger partial charge >= 0.3 is 0 Å². The number of aliphatic imine (C=N–C) groups is 1. The highest BCUT2D eigenvalue weighted by molar-refractivity contribution is 5.96. The third-order valence-electron chi connectivity index (χ3n) is 5.92. The first-order chi connectivity index (χ1) is 14.9. The van der Waals surface area contributed by atoms with Crippen LogP contribution in [0.5, 0.6) is 0 Å². The SMILES string of the molecule is CCC/C=C(C1=C(c2c(C)ccc(N)c2C=N)CCCC1)\C(C=NCCC(C)C)=C\N. The van der Waals surface area contributed by atoms with Gasteiger partial charge in [0.25, 0.3) is 0 Å². The molecule has 0 unspecified atom stereocenters. The Morgan fingerprint density at radius 2 is 1.97 bits per heavy atom. The van der Waals surface area contributed by atoms with E-state index in [0.717, 1.165) is 68.2 Å². The van der Waals surface area contributed by atoms with Gasteiger partial charge in [0.05, 0.1) is 0 Å². The van der Waals surface area contributed by atoms with Gasteiger partial charge in [-0.25, -0.2) is 0 Å². The lowest BCUT2D eigenvalue weighted by Crippen LogP contribution is -2.10. The van der Waals surface area contributed by atoms with Crippen LogP contribution in [0.15, 0.2) is 46.1 Å². The number of hydrogen-bond acceptors (Lipinski definition) is 4. The predicted octanol–water partition coefficient (Wildman–Crippen LogP) is 6.59. The molecule has 31 heavy (non-hydrogen) atoms. The van der Waals surface area contributed by atoms with E-state index in [1.165, 1.54) is 28.5 Å². The zero-order valence-electron chi connectivity index (χ0n) is 19.8. The van der Waals surface area contributed by atoms with Crippen LogP contribution in [0, 0.1) is 18.3 Å². The van der Waals surface area contributed by atoms with E-state index in [9.17, 15) is 0 Å². The van der Waals surface area contributed by atoms with Crippen molar-refractivity contribution in [3.05, 3.63) is 57.8 Å². The van der Waals surface area contributed by atoms with Crippen LogP contribution >= 0.6 is 0 Å². The van der Waals surface area contributed by atoms with Crippen LogP contribution < -0.4 is 11.5 Å². The fourth-order valence-electron chi connectivity index (χ4n) is 4.18. The van der Waals surface area contributed by atoms with Crippen LogP contribution in [0.2, 0.25) is 0 Å². The number of nitrogens with two attached hydrogens (primary N) is 2. The third kappa shape index (κ3) is 6.43. The molecule has 0 heterocycles. The van der Waals surface area contributed by atoms with Gasteiger partial charge in [0.15, 0.2) is 0 Å². The van der Waals surface area contributed by atoms with Crippen LogP contribution in [-0.4, -0.2) is 19.0 Å². The van der Waals surface area contributed by atoms with Gasteiger partial charge in [0.2, 0.25) is 0 Å². The van der Waals surface area contributed by atoms with Crippen LogP contribution in [0.3, 0.4) is 0 Å². The third-order valence-corrected chi connectivity index (χ3v) is 5.92. The molecule has 1 aliphatic rings. The molecule has 5 N–H and O–H groups in total. The van der Waals surface area contributed by atoms with Crippen molar-refractivity contribution in [1.82, 2.24) is 0 Å². The monoisotopic (exact) mass is 420 g/mol. The topological polar surface area (TPSA) is 88.2 Å². The lowest BCUT2D eigenvalue weighted by atomic mass is 9.79. The molecule has 1 aromatic carbocycles. The molecule has 1 aromatic rings. The van der Waals surface area contributed by atoms with E-state index in [-0.39, 0.29) is 0 Å². The minimum atomic E-state index is 0.635. The minimum Gasteiger partial charge on any atom is -0.404 e. The van der Waals surface area contributed by atoms with Crippen molar-refractivity contribution in [2.45, 2.75) is 72.6 Å². The number of benzene rings is 1. The van der Waals surface area contributed by atoms with E-state index < -0.39 is 0 Å². The molecule has 0 saturated carbocycles. The average molecular weight is 421 g/mol. The maximum absolute atomic E-state index is 8.00. The molecular formula is C27H40N4. The summed E-state index contributed by atoms with van der Waals surface area (Å²) in [5.74, 6) is 0.635. The van der Waals surface area contributed by atoms with Crippen molar-refractivity contribution in [3.63, 3.8) is 0 Å². The van der Waals surface area contributed by atoms with Gasteiger partial charge in [-0.15, -0.1) is 0 Å². The molecule has 0 atom stereocenters. The van der Waals surface area contributed by atoms with Gasteiger partial charge in [0.1, 0.15) is 0 Å². The van der Waals surface area contributed by atoms with Gasteiger partial charge in [-0.2, -0.15) is 0 Å². The molecule has 0 amide bonds. The van der Waals surface area contributed by atoms with Gasteiger partial charge in [-0.1, -0.05) is 39.3 Å². The number of hydrogen-bond donors (Lipinski definition) is 3. The number of nitrogens with one attached hydrogen (secondary N) is 1. The molecule has 4 nitrogen and oxygen atoms in total. The second kappa shape index (κ2) is 12.3. The first-order valence-electron chi connectivity index (χ1n) is 11.7. The summed E-state index contributed by atoms with van der Waals surface area (Å²) in [4.78, 5) is 4.68. The Kier molecular flexibility index (Phi) is 9.77. The number of anilines is 1. The Hall–Kier alpha value is -2.62. The fourth-order valence-corrected chi connectivity index (χ4v) is 4.18. The number of unbranched alkanes of at least 4 members (excludes halogenated alkanes) is 1. The quantitative estimate of drug-likeness (QED) is 0.226. The highest BCUT2D eigenvalue weighted by Gasteiger charge is 2.22. The lowest BCUT2D eigenvalue weighted by Gasteiger charge is -2.26. The Morgan fingerprint density at radius 1 is 1.23 bits per heavy atom. The largest absolute Gasteiger partial charge is 0.404 e. The van der Waals surface area contributed by atoms with Crippen LogP contribution in [0.1, 0.15) is 82.4 Å². The number of allylic oxidation sites excluding steroid dienone is 5. The number of aryl methyl sites for hydroxylation is 1. The summed E-state index contributed by atoms with van der Waals surface area (Å²) in [6.45, 7) is 9.56. The molecule has 0 fully saturated rings. The molecule has 1 aliphatic carbocycles. The fraction of sp³-hybridized carbons (Fsp3) is 0.481. The Labute approximate surface area is 188 Å². The first-order valence-corrected chi connectivity index (χ1v) is 11.7. The van der Waals surface area contributed by atoms with Gasteiger partial charge in [0, 0.05) is 42.0 Å². The van der Waals surface area contributed by atoms with Crippen molar-refractivity contribution in [1.29, 1.82) is 5.41 Å². The summed E-state index contributed by atoms with van der Waals surface area (Å²) in [6.07, 6.45) is 14.8. The summed E-state index contributed by atoms with van der Waals surface area (Å²) >= 11 is 0. The summed E-state index contributed by atoms with van der Waals surface area (Å²) in [5, 5.41) is 8.00. The van der Waals surface area contributed by atoms with Crippen molar-refractivity contribution in [3.8, 4) is 0 Å². The van der Waals surface area contributed by atoms with Crippen LogP contribution in [0.4, 0.5) is 5.69 Å². The second-order valence-corrected chi connectivity index (χ2v) is 8.82. The van der Waals surface area contributed by atoms with E-state index in [4.69, 9.17) is 16.9 Å². The molecule has 0 radical (unpaired) electrons.